The van der Waals surface area contributed by atoms with E-state index in [1.807, 2.05) is 50.2 Å². The Morgan fingerprint density at radius 2 is 1.88 bits per heavy atom. The first-order valence-corrected chi connectivity index (χ1v) is 8.63. The van der Waals surface area contributed by atoms with E-state index in [1.54, 1.807) is 0 Å². The summed E-state index contributed by atoms with van der Waals surface area (Å²) in [7, 11) is 0. The molecule has 1 fully saturated rings. The van der Waals surface area contributed by atoms with Crippen LogP contribution in [0, 0.1) is 0 Å². The molecule has 1 aromatic carbocycles. The van der Waals surface area contributed by atoms with Gasteiger partial charge in [0.15, 0.2) is 5.82 Å². The van der Waals surface area contributed by atoms with Crippen molar-refractivity contribution in [2.45, 2.75) is 39.2 Å². The molecule has 1 saturated heterocycles. The van der Waals surface area contributed by atoms with Crippen molar-refractivity contribution in [1.29, 1.82) is 0 Å². The van der Waals surface area contributed by atoms with Crippen molar-refractivity contribution in [3.63, 3.8) is 0 Å². The molecule has 0 bridgehead atoms. The van der Waals surface area contributed by atoms with Gasteiger partial charge in [-0.05, 0) is 57.4 Å². The van der Waals surface area contributed by atoms with E-state index in [0.717, 1.165) is 30.2 Å². The summed E-state index contributed by atoms with van der Waals surface area (Å²) in [4.78, 5) is 14.4. The van der Waals surface area contributed by atoms with Gasteiger partial charge in [0, 0.05) is 30.3 Å². The Labute approximate surface area is 143 Å². The summed E-state index contributed by atoms with van der Waals surface area (Å²) in [5.74, 6) is 0.872. The average molecular weight is 324 g/mol. The molecule has 1 amide bonds. The van der Waals surface area contributed by atoms with Crippen molar-refractivity contribution in [3.8, 4) is 11.3 Å². The summed E-state index contributed by atoms with van der Waals surface area (Å²) in [5, 5.41) is 11.6. The van der Waals surface area contributed by atoms with E-state index >= 15 is 0 Å². The van der Waals surface area contributed by atoms with Gasteiger partial charge in [0.2, 0.25) is 0 Å². The Morgan fingerprint density at radius 3 is 2.54 bits per heavy atom. The quantitative estimate of drug-likeness (QED) is 0.938. The number of benzene rings is 1. The highest BCUT2D eigenvalue weighted by atomic mass is 16.1. The number of piperidine rings is 1. The van der Waals surface area contributed by atoms with Crippen LogP contribution in [0.3, 0.4) is 0 Å². The van der Waals surface area contributed by atoms with E-state index < -0.39 is 0 Å². The molecule has 126 valence electrons. The molecule has 0 radical (unpaired) electrons. The number of hydrogen-bond acceptors (Lipinski definition) is 4. The molecule has 0 unspecified atom stereocenters. The minimum atomic E-state index is -0.0650. The van der Waals surface area contributed by atoms with Crippen molar-refractivity contribution in [3.05, 3.63) is 42.0 Å². The van der Waals surface area contributed by atoms with E-state index in [0.29, 0.717) is 5.56 Å². The first-order valence-electron chi connectivity index (χ1n) is 8.63. The van der Waals surface area contributed by atoms with Crippen LogP contribution in [0.2, 0.25) is 0 Å². The maximum Gasteiger partial charge on any atom is 0.251 e. The Morgan fingerprint density at radius 1 is 1.08 bits per heavy atom. The third-order valence-corrected chi connectivity index (χ3v) is 4.17. The van der Waals surface area contributed by atoms with Crippen molar-refractivity contribution in [1.82, 2.24) is 15.5 Å². The monoisotopic (exact) mass is 324 g/mol. The lowest BCUT2D eigenvalue weighted by molar-refractivity contribution is 0.0943. The Balaban J connectivity index is 1.77. The maximum atomic E-state index is 12.1. The predicted octanol–water partition coefficient (Wildman–Crippen LogP) is 3.27. The van der Waals surface area contributed by atoms with E-state index in [9.17, 15) is 4.79 Å². The lowest BCUT2D eigenvalue weighted by Gasteiger charge is -2.27. The van der Waals surface area contributed by atoms with Gasteiger partial charge in [0.05, 0.1) is 5.69 Å². The van der Waals surface area contributed by atoms with Crippen LogP contribution in [-0.2, 0) is 0 Å². The molecule has 2 heterocycles. The van der Waals surface area contributed by atoms with Crippen LogP contribution in [0.15, 0.2) is 36.4 Å². The summed E-state index contributed by atoms with van der Waals surface area (Å²) >= 11 is 0. The highest BCUT2D eigenvalue weighted by Crippen LogP contribution is 2.21. The Kier molecular flexibility index (Phi) is 5.08. The van der Waals surface area contributed by atoms with Crippen LogP contribution in [0.25, 0.3) is 11.3 Å². The molecule has 24 heavy (non-hydrogen) atoms. The van der Waals surface area contributed by atoms with Gasteiger partial charge >= 0.3 is 0 Å². The Hall–Kier alpha value is -2.43. The molecular formula is C19H24N4O. The molecule has 3 rings (SSSR count). The smallest absolute Gasteiger partial charge is 0.251 e. The van der Waals surface area contributed by atoms with Gasteiger partial charge in [-0.3, -0.25) is 4.79 Å². The van der Waals surface area contributed by atoms with Gasteiger partial charge in [-0.25, -0.2) is 0 Å². The average Bonchev–Trinajstić information content (AvgIpc) is 2.62. The summed E-state index contributed by atoms with van der Waals surface area (Å²) in [6, 6.07) is 11.6. The van der Waals surface area contributed by atoms with Gasteiger partial charge in [-0.15, -0.1) is 10.2 Å². The minimum absolute atomic E-state index is 0.0650. The van der Waals surface area contributed by atoms with Crippen molar-refractivity contribution < 1.29 is 4.79 Å². The standard InChI is InChI=1S/C19H24N4O/c1-14(2)20-19(24)16-8-6-7-15(13-16)17-9-10-18(22-21-17)23-11-4-3-5-12-23/h6-10,13-14H,3-5,11-12H2,1-2H3,(H,20,24). The predicted molar refractivity (Wildman–Crippen MR) is 96.1 cm³/mol. The molecule has 1 N–H and O–H groups in total. The second-order valence-electron chi connectivity index (χ2n) is 6.53. The number of aromatic nitrogens is 2. The Bertz CT molecular complexity index is 691. The van der Waals surface area contributed by atoms with Crippen LogP contribution in [0.4, 0.5) is 5.82 Å². The van der Waals surface area contributed by atoms with Crippen LogP contribution in [-0.4, -0.2) is 35.2 Å². The fourth-order valence-corrected chi connectivity index (χ4v) is 2.94. The number of rotatable bonds is 4. The highest BCUT2D eigenvalue weighted by molar-refractivity contribution is 5.95. The fraction of sp³-hybridized carbons (Fsp3) is 0.421. The molecule has 5 heteroatoms. The lowest BCUT2D eigenvalue weighted by atomic mass is 10.1. The molecule has 0 spiro atoms. The van der Waals surface area contributed by atoms with E-state index in [2.05, 4.69) is 20.4 Å². The van der Waals surface area contributed by atoms with Gasteiger partial charge in [-0.2, -0.15) is 0 Å². The highest BCUT2D eigenvalue weighted by Gasteiger charge is 2.13. The first-order chi connectivity index (χ1) is 11.6. The molecule has 0 atom stereocenters. The van der Waals surface area contributed by atoms with E-state index in [-0.39, 0.29) is 11.9 Å². The largest absolute Gasteiger partial charge is 0.355 e. The van der Waals surface area contributed by atoms with Crippen LogP contribution >= 0.6 is 0 Å². The lowest BCUT2D eigenvalue weighted by Crippen LogP contribution is -2.30. The second kappa shape index (κ2) is 7.43. The van der Waals surface area contributed by atoms with Crippen LogP contribution in [0.1, 0.15) is 43.5 Å². The van der Waals surface area contributed by atoms with Gasteiger partial charge in [0.25, 0.3) is 5.91 Å². The first kappa shape index (κ1) is 16.4. The molecule has 0 saturated carbocycles. The van der Waals surface area contributed by atoms with Crippen molar-refractivity contribution in [2.24, 2.45) is 0 Å². The molecule has 2 aromatic rings. The number of carbonyl (C=O) groups excluding carboxylic acids is 1. The zero-order valence-electron chi connectivity index (χ0n) is 14.3. The molecule has 1 aromatic heterocycles. The SMILES string of the molecule is CC(C)NC(=O)c1cccc(-c2ccc(N3CCCCC3)nn2)c1. The fourth-order valence-electron chi connectivity index (χ4n) is 2.94. The second-order valence-corrected chi connectivity index (χ2v) is 6.53. The zero-order chi connectivity index (χ0) is 16.9. The third kappa shape index (κ3) is 3.91. The van der Waals surface area contributed by atoms with E-state index in [4.69, 9.17) is 0 Å². The molecule has 5 nitrogen and oxygen atoms in total. The number of anilines is 1. The van der Waals surface area contributed by atoms with E-state index in [1.165, 1.54) is 19.3 Å². The number of hydrogen-bond donors (Lipinski definition) is 1. The summed E-state index contributed by atoms with van der Waals surface area (Å²) < 4.78 is 0. The summed E-state index contributed by atoms with van der Waals surface area (Å²) in [6.45, 7) is 6.01. The molecular weight excluding hydrogens is 300 g/mol. The number of carbonyl (C=O) groups is 1. The van der Waals surface area contributed by atoms with Gasteiger partial charge < -0.3 is 10.2 Å². The summed E-state index contributed by atoms with van der Waals surface area (Å²) in [6.07, 6.45) is 3.74. The molecule has 0 aliphatic carbocycles. The number of nitrogens with zero attached hydrogens (tertiary/aromatic N) is 3. The van der Waals surface area contributed by atoms with Gasteiger partial charge in [0.1, 0.15) is 0 Å². The normalized spacial score (nSPS) is 14.7. The van der Waals surface area contributed by atoms with Crippen LogP contribution < -0.4 is 10.2 Å². The molecule has 1 aliphatic heterocycles. The number of nitrogens with one attached hydrogen (secondary N) is 1. The summed E-state index contributed by atoms with van der Waals surface area (Å²) in [5.41, 5.74) is 2.34. The van der Waals surface area contributed by atoms with Gasteiger partial charge in [-0.1, -0.05) is 12.1 Å². The van der Waals surface area contributed by atoms with Crippen molar-refractivity contribution in [2.75, 3.05) is 18.0 Å². The third-order valence-electron chi connectivity index (χ3n) is 4.17. The maximum absolute atomic E-state index is 12.1. The number of amides is 1. The minimum Gasteiger partial charge on any atom is -0.355 e. The molecule has 1 aliphatic rings. The zero-order valence-corrected chi connectivity index (χ0v) is 14.3. The topological polar surface area (TPSA) is 58.1 Å². The van der Waals surface area contributed by atoms with Crippen LogP contribution in [0.5, 0.6) is 0 Å². The van der Waals surface area contributed by atoms with Crippen molar-refractivity contribution >= 4 is 11.7 Å².